The van der Waals surface area contributed by atoms with Gasteiger partial charge in [0, 0.05) is 22.6 Å². The standard InChI is InChI=1S/C19H21Br2NO2/c1-23-16-7-5-13(6-8-16)18(12-3-4-12)22-11-14-9-15(20)10-17(21)19(14)24-2/h5-10,12,18,22H,3-4,11H2,1-2H3. The molecule has 1 unspecified atom stereocenters. The second kappa shape index (κ2) is 7.89. The second-order valence-electron chi connectivity index (χ2n) is 6.05. The number of hydrogen-bond acceptors (Lipinski definition) is 3. The van der Waals surface area contributed by atoms with E-state index in [-0.39, 0.29) is 0 Å². The summed E-state index contributed by atoms with van der Waals surface area (Å²) in [6.45, 7) is 0.758. The fourth-order valence-electron chi connectivity index (χ4n) is 2.99. The predicted molar refractivity (Wildman–Crippen MR) is 104 cm³/mol. The Morgan fingerprint density at radius 2 is 1.79 bits per heavy atom. The summed E-state index contributed by atoms with van der Waals surface area (Å²) in [7, 11) is 3.41. The summed E-state index contributed by atoms with van der Waals surface area (Å²) in [5.74, 6) is 2.49. The lowest BCUT2D eigenvalue weighted by molar-refractivity contribution is 0.399. The molecule has 0 bridgehead atoms. The molecule has 0 heterocycles. The molecule has 0 saturated heterocycles. The van der Waals surface area contributed by atoms with Crippen LogP contribution in [0.1, 0.15) is 30.0 Å². The monoisotopic (exact) mass is 453 g/mol. The maximum atomic E-state index is 5.55. The second-order valence-corrected chi connectivity index (χ2v) is 7.82. The van der Waals surface area contributed by atoms with E-state index in [1.165, 1.54) is 18.4 Å². The molecule has 1 fully saturated rings. The lowest BCUT2D eigenvalue weighted by Crippen LogP contribution is -2.23. The molecule has 0 spiro atoms. The maximum absolute atomic E-state index is 5.55. The molecule has 2 aromatic carbocycles. The van der Waals surface area contributed by atoms with Crippen LogP contribution in [0.2, 0.25) is 0 Å². The van der Waals surface area contributed by atoms with E-state index in [1.54, 1.807) is 14.2 Å². The average Bonchev–Trinajstić information content (AvgIpc) is 3.40. The molecule has 0 aliphatic heterocycles. The number of ether oxygens (including phenoxy) is 2. The van der Waals surface area contributed by atoms with Crippen molar-refractivity contribution in [1.82, 2.24) is 5.32 Å². The largest absolute Gasteiger partial charge is 0.497 e. The number of nitrogens with one attached hydrogen (secondary N) is 1. The van der Waals surface area contributed by atoms with Gasteiger partial charge in [0.15, 0.2) is 0 Å². The highest BCUT2D eigenvalue weighted by Crippen LogP contribution is 2.42. The summed E-state index contributed by atoms with van der Waals surface area (Å²) >= 11 is 7.13. The number of rotatable bonds is 7. The van der Waals surface area contributed by atoms with Gasteiger partial charge in [0.25, 0.3) is 0 Å². The van der Waals surface area contributed by atoms with Crippen molar-refractivity contribution in [3.8, 4) is 11.5 Å². The lowest BCUT2D eigenvalue weighted by atomic mass is 10.0. The van der Waals surface area contributed by atoms with Gasteiger partial charge in [-0.2, -0.15) is 0 Å². The molecule has 2 aromatic rings. The van der Waals surface area contributed by atoms with Crippen LogP contribution in [0, 0.1) is 5.92 Å². The third-order valence-electron chi connectivity index (χ3n) is 4.37. The van der Waals surface area contributed by atoms with Gasteiger partial charge < -0.3 is 14.8 Å². The minimum atomic E-state index is 0.360. The van der Waals surface area contributed by atoms with Crippen molar-refractivity contribution in [2.45, 2.75) is 25.4 Å². The first-order chi connectivity index (χ1) is 11.6. The van der Waals surface area contributed by atoms with E-state index < -0.39 is 0 Å². The number of methoxy groups -OCH3 is 2. The molecule has 0 amide bonds. The smallest absolute Gasteiger partial charge is 0.137 e. The third kappa shape index (κ3) is 4.13. The molecule has 3 nitrogen and oxygen atoms in total. The Hall–Kier alpha value is -1.04. The van der Waals surface area contributed by atoms with Crippen LogP contribution in [-0.4, -0.2) is 14.2 Å². The topological polar surface area (TPSA) is 30.5 Å². The van der Waals surface area contributed by atoms with Crippen LogP contribution in [0.15, 0.2) is 45.3 Å². The van der Waals surface area contributed by atoms with Gasteiger partial charge in [0.05, 0.1) is 18.7 Å². The first-order valence-corrected chi connectivity index (χ1v) is 9.60. The highest BCUT2D eigenvalue weighted by molar-refractivity contribution is 9.11. The Balaban J connectivity index is 1.77. The van der Waals surface area contributed by atoms with Gasteiger partial charge in [-0.25, -0.2) is 0 Å². The van der Waals surface area contributed by atoms with Crippen LogP contribution in [0.5, 0.6) is 11.5 Å². The quantitative estimate of drug-likeness (QED) is 0.601. The highest BCUT2D eigenvalue weighted by Gasteiger charge is 2.32. The fraction of sp³-hybridized carbons (Fsp3) is 0.368. The molecule has 0 radical (unpaired) electrons. The molecular weight excluding hydrogens is 434 g/mol. The van der Waals surface area contributed by atoms with Gasteiger partial charge in [-0.05, 0) is 64.5 Å². The first kappa shape index (κ1) is 17.8. The molecule has 0 aromatic heterocycles. The van der Waals surface area contributed by atoms with Gasteiger partial charge in [-0.1, -0.05) is 28.1 Å². The Kier molecular flexibility index (Phi) is 5.85. The molecule has 5 heteroatoms. The van der Waals surface area contributed by atoms with Crippen molar-refractivity contribution in [3.63, 3.8) is 0 Å². The Morgan fingerprint density at radius 1 is 1.08 bits per heavy atom. The summed E-state index contributed by atoms with van der Waals surface area (Å²) in [5.41, 5.74) is 2.45. The van der Waals surface area contributed by atoms with Gasteiger partial charge in [-0.15, -0.1) is 0 Å². The molecule has 1 N–H and O–H groups in total. The number of benzene rings is 2. The first-order valence-electron chi connectivity index (χ1n) is 8.01. The van der Waals surface area contributed by atoms with Gasteiger partial charge >= 0.3 is 0 Å². The lowest BCUT2D eigenvalue weighted by Gasteiger charge is -2.20. The van der Waals surface area contributed by atoms with E-state index in [1.807, 2.05) is 18.2 Å². The third-order valence-corrected chi connectivity index (χ3v) is 5.42. The Labute approximate surface area is 160 Å². The zero-order chi connectivity index (χ0) is 17.1. The average molecular weight is 455 g/mol. The van der Waals surface area contributed by atoms with Crippen LogP contribution in [0.25, 0.3) is 0 Å². The molecule has 1 atom stereocenters. The van der Waals surface area contributed by atoms with E-state index in [9.17, 15) is 0 Å². The summed E-state index contributed by atoms with van der Waals surface area (Å²) in [6.07, 6.45) is 2.56. The summed E-state index contributed by atoms with van der Waals surface area (Å²) in [6, 6.07) is 12.8. The molecule has 1 aliphatic rings. The molecule has 128 valence electrons. The fourth-order valence-corrected chi connectivity index (χ4v) is 4.47. The predicted octanol–water partition coefficient (Wildman–Crippen LogP) is 5.47. The van der Waals surface area contributed by atoms with E-state index in [0.29, 0.717) is 12.0 Å². The SMILES string of the molecule is COc1ccc(C(NCc2cc(Br)cc(Br)c2OC)C2CC2)cc1. The van der Waals surface area contributed by atoms with E-state index in [4.69, 9.17) is 9.47 Å². The van der Waals surface area contributed by atoms with Crippen molar-refractivity contribution in [3.05, 3.63) is 56.5 Å². The number of hydrogen-bond donors (Lipinski definition) is 1. The van der Waals surface area contributed by atoms with Crippen molar-refractivity contribution in [2.75, 3.05) is 14.2 Å². The summed E-state index contributed by atoms with van der Waals surface area (Å²) in [5, 5.41) is 3.72. The van der Waals surface area contributed by atoms with Crippen molar-refractivity contribution in [2.24, 2.45) is 5.92 Å². The molecular formula is C19H21Br2NO2. The van der Waals surface area contributed by atoms with Gasteiger partial charge in [-0.3, -0.25) is 0 Å². The Bertz CT molecular complexity index is 699. The van der Waals surface area contributed by atoms with Crippen LogP contribution >= 0.6 is 31.9 Å². The highest BCUT2D eigenvalue weighted by atomic mass is 79.9. The van der Waals surface area contributed by atoms with Gasteiger partial charge in [0.2, 0.25) is 0 Å². The van der Waals surface area contributed by atoms with Crippen LogP contribution < -0.4 is 14.8 Å². The van der Waals surface area contributed by atoms with Crippen molar-refractivity contribution in [1.29, 1.82) is 0 Å². The summed E-state index contributed by atoms with van der Waals surface area (Å²) < 4.78 is 12.8. The zero-order valence-electron chi connectivity index (χ0n) is 13.8. The molecule has 3 rings (SSSR count). The minimum Gasteiger partial charge on any atom is -0.497 e. The summed E-state index contributed by atoms with van der Waals surface area (Å²) in [4.78, 5) is 0. The molecule has 1 aliphatic carbocycles. The van der Waals surface area contributed by atoms with E-state index >= 15 is 0 Å². The molecule has 24 heavy (non-hydrogen) atoms. The van der Waals surface area contributed by atoms with E-state index in [2.05, 4.69) is 55.4 Å². The minimum absolute atomic E-state index is 0.360. The van der Waals surface area contributed by atoms with Crippen LogP contribution in [-0.2, 0) is 6.54 Å². The van der Waals surface area contributed by atoms with Gasteiger partial charge in [0.1, 0.15) is 11.5 Å². The zero-order valence-corrected chi connectivity index (χ0v) is 17.0. The van der Waals surface area contributed by atoms with E-state index in [0.717, 1.165) is 32.6 Å². The normalized spacial score (nSPS) is 15.2. The van der Waals surface area contributed by atoms with Crippen LogP contribution in [0.4, 0.5) is 0 Å². The molecule has 1 saturated carbocycles. The van der Waals surface area contributed by atoms with Crippen LogP contribution in [0.3, 0.4) is 0 Å². The van der Waals surface area contributed by atoms with Crippen molar-refractivity contribution < 1.29 is 9.47 Å². The number of halogens is 2. The Morgan fingerprint density at radius 3 is 2.38 bits per heavy atom. The maximum Gasteiger partial charge on any atom is 0.137 e. The van der Waals surface area contributed by atoms with Crippen molar-refractivity contribution >= 4 is 31.9 Å².